The fourth-order valence-electron chi connectivity index (χ4n) is 4.16. The summed E-state index contributed by atoms with van der Waals surface area (Å²) in [5.74, 6) is -1.24. The number of aromatic nitrogens is 3. The highest BCUT2D eigenvalue weighted by atomic mass is 32.2. The first kappa shape index (κ1) is 25.5. The second kappa shape index (κ2) is 9.01. The maximum atomic E-state index is 13.5. The summed E-state index contributed by atoms with van der Waals surface area (Å²) in [6, 6.07) is 13.5. The molecule has 2 aromatic heterocycles. The minimum atomic E-state index is -4.81. The van der Waals surface area contributed by atoms with E-state index in [1.807, 2.05) is 0 Å². The largest absolute Gasteiger partial charge is 0.497 e. The highest BCUT2D eigenvalue weighted by molar-refractivity contribution is 7.90. The van der Waals surface area contributed by atoms with E-state index in [9.17, 15) is 26.4 Å². The smallest absolute Gasteiger partial charge is 0.435 e. The zero-order valence-corrected chi connectivity index (χ0v) is 21.2. The number of ether oxygens (including phenoxy) is 2. The van der Waals surface area contributed by atoms with Crippen LogP contribution in [0.2, 0.25) is 0 Å². The van der Waals surface area contributed by atoms with E-state index in [4.69, 9.17) is 9.47 Å². The van der Waals surface area contributed by atoms with Gasteiger partial charge in [0, 0.05) is 17.5 Å². The lowest BCUT2D eigenvalue weighted by molar-refractivity contribution is -0.141. The van der Waals surface area contributed by atoms with Crippen molar-refractivity contribution in [1.82, 2.24) is 19.1 Å². The van der Waals surface area contributed by atoms with Gasteiger partial charge in [-0.25, -0.2) is 13.4 Å². The lowest BCUT2D eigenvalue weighted by Gasteiger charge is -2.16. The zero-order valence-electron chi connectivity index (χ0n) is 20.4. The van der Waals surface area contributed by atoms with E-state index < -0.39 is 40.4 Å². The SMILES string of the molecule is COc1cc(C(C)C)c2c(c1)S(=O)(=O)N(COc1cc(C(F)(F)F)nn1-c1ccc3ccccc3n1)C2=O. The lowest BCUT2D eigenvalue weighted by Crippen LogP contribution is -2.34. The number of hydrogen-bond acceptors (Lipinski definition) is 7. The molecule has 0 aliphatic carbocycles. The van der Waals surface area contributed by atoms with Gasteiger partial charge in [-0.1, -0.05) is 32.0 Å². The van der Waals surface area contributed by atoms with E-state index in [0.717, 1.165) is 10.1 Å². The number of pyridine rings is 1. The normalized spacial score (nSPS) is 14.8. The van der Waals surface area contributed by atoms with E-state index in [0.29, 0.717) is 21.5 Å². The minimum Gasteiger partial charge on any atom is -0.497 e. The van der Waals surface area contributed by atoms with Crippen LogP contribution in [0.3, 0.4) is 0 Å². The number of nitrogens with zero attached hydrogens (tertiary/aromatic N) is 4. The number of carbonyl (C=O) groups is 1. The van der Waals surface area contributed by atoms with E-state index in [1.165, 1.54) is 19.2 Å². The Kier molecular flexibility index (Phi) is 6.05. The molecule has 0 fully saturated rings. The van der Waals surface area contributed by atoms with Crippen LogP contribution in [0.1, 0.15) is 41.4 Å². The van der Waals surface area contributed by atoms with Crippen molar-refractivity contribution in [1.29, 1.82) is 0 Å². The van der Waals surface area contributed by atoms with Crippen LogP contribution >= 0.6 is 0 Å². The molecule has 13 heteroatoms. The summed E-state index contributed by atoms with van der Waals surface area (Å²) in [5.41, 5.74) is -0.332. The van der Waals surface area contributed by atoms with E-state index in [1.54, 1.807) is 50.2 Å². The summed E-state index contributed by atoms with van der Waals surface area (Å²) in [6.07, 6.45) is -4.81. The molecule has 0 atom stereocenters. The predicted octanol–water partition coefficient (Wildman–Crippen LogP) is 4.75. The summed E-state index contributed by atoms with van der Waals surface area (Å²) in [4.78, 5) is 17.3. The van der Waals surface area contributed by atoms with E-state index in [-0.39, 0.29) is 27.9 Å². The van der Waals surface area contributed by atoms with Gasteiger partial charge in [-0.05, 0) is 35.7 Å². The Labute approximate surface area is 215 Å². The first-order chi connectivity index (χ1) is 17.9. The number of halogens is 3. The third-order valence-electron chi connectivity index (χ3n) is 6.07. The molecule has 0 spiro atoms. The molecule has 0 radical (unpaired) electrons. The number of rotatable bonds is 6. The molecule has 198 valence electrons. The predicted molar refractivity (Wildman–Crippen MR) is 130 cm³/mol. The second-order valence-corrected chi connectivity index (χ2v) is 10.6. The molecular weight excluding hydrogens is 525 g/mol. The van der Waals surface area contributed by atoms with Crippen LogP contribution in [0, 0.1) is 0 Å². The molecule has 0 saturated heterocycles. The molecule has 0 saturated carbocycles. The minimum absolute atomic E-state index is 0.0138. The van der Waals surface area contributed by atoms with Crippen LogP contribution in [0.15, 0.2) is 59.5 Å². The Morgan fingerprint density at radius 2 is 1.79 bits per heavy atom. The number of fused-ring (bicyclic) bond motifs is 2. The van der Waals surface area contributed by atoms with Crippen molar-refractivity contribution in [2.75, 3.05) is 13.8 Å². The summed E-state index contributed by atoms with van der Waals surface area (Å²) < 4.78 is 79.1. The van der Waals surface area contributed by atoms with Crippen molar-refractivity contribution in [3.63, 3.8) is 0 Å². The molecule has 1 aliphatic rings. The molecule has 0 unspecified atom stereocenters. The monoisotopic (exact) mass is 546 g/mol. The fraction of sp³-hybridized carbons (Fsp3) is 0.240. The highest BCUT2D eigenvalue weighted by Crippen LogP contribution is 2.39. The van der Waals surface area contributed by atoms with Gasteiger partial charge >= 0.3 is 6.18 Å². The third kappa shape index (κ3) is 4.22. The topological polar surface area (TPSA) is 104 Å². The Morgan fingerprint density at radius 3 is 2.47 bits per heavy atom. The molecule has 0 bridgehead atoms. The van der Waals surface area contributed by atoms with Crippen LogP contribution < -0.4 is 9.47 Å². The Morgan fingerprint density at radius 1 is 1.05 bits per heavy atom. The van der Waals surface area contributed by atoms with Crippen molar-refractivity contribution in [3.8, 4) is 17.4 Å². The first-order valence-electron chi connectivity index (χ1n) is 11.4. The molecular formula is C25H21F3N4O5S. The van der Waals surface area contributed by atoms with Crippen LogP contribution in [-0.4, -0.2) is 47.2 Å². The molecule has 0 N–H and O–H groups in total. The Hall–Kier alpha value is -4.13. The highest BCUT2D eigenvalue weighted by Gasteiger charge is 2.44. The van der Waals surface area contributed by atoms with Gasteiger partial charge in [0.05, 0.1) is 18.2 Å². The van der Waals surface area contributed by atoms with E-state index in [2.05, 4.69) is 10.1 Å². The van der Waals surface area contributed by atoms with Gasteiger partial charge < -0.3 is 9.47 Å². The van der Waals surface area contributed by atoms with Gasteiger partial charge in [0.2, 0.25) is 5.88 Å². The van der Waals surface area contributed by atoms with Gasteiger partial charge in [0.1, 0.15) is 10.6 Å². The van der Waals surface area contributed by atoms with Gasteiger partial charge in [0.25, 0.3) is 15.9 Å². The molecule has 5 rings (SSSR count). The average molecular weight is 547 g/mol. The lowest BCUT2D eigenvalue weighted by atomic mass is 9.96. The molecule has 38 heavy (non-hydrogen) atoms. The van der Waals surface area contributed by atoms with Gasteiger partial charge in [-0.3, -0.25) is 4.79 Å². The van der Waals surface area contributed by atoms with Crippen LogP contribution in [0.5, 0.6) is 11.6 Å². The maximum Gasteiger partial charge on any atom is 0.435 e. The van der Waals surface area contributed by atoms with Gasteiger partial charge in [-0.2, -0.15) is 27.3 Å². The quantitative estimate of drug-likeness (QED) is 0.344. The van der Waals surface area contributed by atoms with E-state index >= 15 is 0 Å². The molecule has 1 amide bonds. The standard InChI is InChI=1S/C25H21F3N4O5S/c1-14(2)17-10-16(36-3)11-19-23(17)24(33)31(38(19,34)35)13-37-22-12-20(25(26,27)28)30-32(22)21-9-8-15-6-4-5-7-18(15)29-21/h4-12,14H,13H2,1-3H3. The van der Waals surface area contributed by atoms with Crippen molar-refractivity contribution >= 4 is 26.8 Å². The summed E-state index contributed by atoms with van der Waals surface area (Å²) in [5, 5.41) is 4.35. The molecule has 4 aromatic rings. The molecule has 2 aromatic carbocycles. The molecule has 9 nitrogen and oxygen atoms in total. The third-order valence-corrected chi connectivity index (χ3v) is 7.80. The summed E-state index contributed by atoms with van der Waals surface area (Å²) in [6.45, 7) is 2.70. The summed E-state index contributed by atoms with van der Waals surface area (Å²) >= 11 is 0. The Balaban J connectivity index is 1.53. The van der Waals surface area contributed by atoms with Crippen LogP contribution in [0.4, 0.5) is 13.2 Å². The zero-order chi connectivity index (χ0) is 27.4. The number of methoxy groups -OCH3 is 1. The summed E-state index contributed by atoms with van der Waals surface area (Å²) in [7, 11) is -3.00. The number of para-hydroxylation sites is 1. The number of amides is 1. The number of carbonyl (C=O) groups excluding carboxylic acids is 1. The van der Waals surface area contributed by atoms with Crippen molar-refractivity contribution in [2.45, 2.75) is 30.8 Å². The second-order valence-electron chi connectivity index (χ2n) is 8.82. The van der Waals surface area contributed by atoms with Gasteiger partial charge in [0.15, 0.2) is 18.2 Å². The van der Waals surface area contributed by atoms with Crippen LogP contribution in [0.25, 0.3) is 16.7 Å². The first-order valence-corrected chi connectivity index (χ1v) is 12.8. The fourth-order valence-corrected chi connectivity index (χ4v) is 5.63. The number of benzene rings is 2. The van der Waals surface area contributed by atoms with Crippen molar-refractivity contribution < 1.29 is 35.9 Å². The van der Waals surface area contributed by atoms with Crippen molar-refractivity contribution in [2.24, 2.45) is 0 Å². The van der Waals surface area contributed by atoms with Gasteiger partial charge in [-0.15, -0.1) is 0 Å². The number of sulfonamides is 1. The number of hydrogen-bond donors (Lipinski definition) is 0. The number of alkyl halides is 3. The Bertz CT molecular complexity index is 1680. The maximum absolute atomic E-state index is 13.5. The van der Waals surface area contributed by atoms with Crippen LogP contribution in [-0.2, 0) is 16.2 Å². The van der Waals surface area contributed by atoms with Crippen molar-refractivity contribution in [3.05, 3.63) is 71.4 Å². The molecule has 1 aliphatic heterocycles. The average Bonchev–Trinajstić information content (AvgIpc) is 3.39. The molecule has 3 heterocycles.